The molecule has 0 saturated heterocycles. The Morgan fingerprint density at radius 2 is 2.07 bits per heavy atom. The van der Waals surface area contributed by atoms with E-state index < -0.39 is 6.10 Å². The zero-order valence-electron chi connectivity index (χ0n) is 9.94. The summed E-state index contributed by atoms with van der Waals surface area (Å²) in [4.78, 5) is 6.41. The largest absolute Gasteiger partial charge is 0.387 e. The second kappa shape index (κ2) is 5.12. The predicted octanol–water partition coefficient (Wildman–Crippen LogP) is 2.37. The Hall–Kier alpha value is -1.09. The summed E-state index contributed by atoms with van der Waals surface area (Å²) in [6, 6.07) is 4.34. The van der Waals surface area contributed by atoms with Gasteiger partial charge in [0.15, 0.2) is 0 Å². The van der Waals surface area contributed by atoms with Gasteiger partial charge in [0.2, 0.25) is 0 Å². The molecule has 0 radical (unpaired) electrons. The monoisotopic (exact) mass is 208 g/mol. The quantitative estimate of drug-likeness (QED) is 0.825. The number of hydrogen-bond donors (Lipinski definition) is 1. The molecular weight excluding hydrogens is 188 g/mol. The van der Waals surface area contributed by atoms with Gasteiger partial charge in [0.25, 0.3) is 0 Å². The topological polar surface area (TPSA) is 36.4 Å². The Bertz CT molecular complexity index is 295. The summed E-state index contributed by atoms with van der Waals surface area (Å²) < 4.78 is 0. The maximum absolute atomic E-state index is 9.59. The average Bonchev–Trinajstić information content (AvgIpc) is 2.27. The highest BCUT2D eigenvalue weighted by molar-refractivity contribution is 5.44. The molecule has 84 valence electrons. The van der Waals surface area contributed by atoms with Gasteiger partial charge in [0.1, 0.15) is 0 Å². The highest BCUT2D eigenvalue weighted by atomic mass is 16.3. The predicted molar refractivity (Wildman–Crippen MR) is 63.0 cm³/mol. The molecule has 0 spiro atoms. The fourth-order valence-corrected chi connectivity index (χ4v) is 1.31. The molecule has 0 aliphatic heterocycles. The van der Waals surface area contributed by atoms with Crippen LogP contribution in [-0.4, -0.2) is 23.2 Å². The molecule has 3 nitrogen and oxygen atoms in total. The average molecular weight is 208 g/mol. The van der Waals surface area contributed by atoms with Crippen molar-refractivity contribution in [1.82, 2.24) is 4.98 Å². The third-order valence-electron chi connectivity index (χ3n) is 2.68. The lowest BCUT2D eigenvalue weighted by molar-refractivity contribution is 0.169. The van der Waals surface area contributed by atoms with Crippen LogP contribution < -0.4 is 4.90 Å². The van der Waals surface area contributed by atoms with Crippen LogP contribution in [0, 0.1) is 0 Å². The second-order valence-electron chi connectivity index (χ2n) is 4.07. The number of pyridine rings is 1. The van der Waals surface area contributed by atoms with Crippen LogP contribution in [0.2, 0.25) is 0 Å². The molecule has 0 saturated carbocycles. The van der Waals surface area contributed by atoms with Crippen LogP contribution in [0.15, 0.2) is 18.3 Å². The van der Waals surface area contributed by atoms with Gasteiger partial charge in [-0.1, -0.05) is 6.92 Å². The summed E-state index contributed by atoms with van der Waals surface area (Å²) in [5, 5.41) is 9.59. The van der Waals surface area contributed by atoms with E-state index in [4.69, 9.17) is 0 Å². The van der Waals surface area contributed by atoms with Gasteiger partial charge in [0, 0.05) is 13.1 Å². The van der Waals surface area contributed by atoms with Crippen molar-refractivity contribution in [2.24, 2.45) is 0 Å². The van der Waals surface area contributed by atoms with Gasteiger partial charge < -0.3 is 10.0 Å². The fourth-order valence-electron chi connectivity index (χ4n) is 1.31. The molecule has 0 bridgehead atoms. The molecule has 15 heavy (non-hydrogen) atoms. The highest BCUT2D eigenvalue weighted by Crippen LogP contribution is 2.18. The van der Waals surface area contributed by atoms with Crippen molar-refractivity contribution in [3.05, 3.63) is 24.0 Å². The normalized spacial score (nSPS) is 12.9. The van der Waals surface area contributed by atoms with Gasteiger partial charge in [-0.15, -0.1) is 0 Å². The van der Waals surface area contributed by atoms with Crippen molar-refractivity contribution >= 4 is 5.69 Å². The first-order chi connectivity index (χ1) is 7.06. The van der Waals surface area contributed by atoms with Gasteiger partial charge in [-0.05, 0) is 32.4 Å². The first-order valence-electron chi connectivity index (χ1n) is 5.43. The number of aliphatic hydroxyl groups is 1. The van der Waals surface area contributed by atoms with Gasteiger partial charge in [0.05, 0.1) is 23.7 Å². The number of aromatic nitrogens is 1. The third kappa shape index (κ3) is 2.93. The molecule has 0 unspecified atom stereocenters. The van der Waals surface area contributed by atoms with E-state index in [9.17, 15) is 5.11 Å². The smallest absolute Gasteiger partial charge is 0.0957 e. The molecule has 1 atom stereocenters. The first kappa shape index (κ1) is 12.0. The van der Waals surface area contributed by atoms with Crippen molar-refractivity contribution in [3.63, 3.8) is 0 Å². The van der Waals surface area contributed by atoms with Crippen molar-refractivity contribution in [2.45, 2.75) is 39.3 Å². The van der Waals surface area contributed by atoms with Crippen LogP contribution in [0.1, 0.15) is 39.0 Å². The van der Waals surface area contributed by atoms with Gasteiger partial charge >= 0.3 is 0 Å². The summed E-state index contributed by atoms with van der Waals surface area (Å²) in [5.41, 5.74) is 1.83. The summed E-state index contributed by atoms with van der Waals surface area (Å²) >= 11 is 0. The zero-order chi connectivity index (χ0) is 11.4. The van der Waals surface area contributed by atoms with Crippen molar-refractivity contribution in [1.29, 1.82) is 0 Å². The third-order valence-corrected chi connectivity index (χ3v) is 2.68. The molecule has 3 heteroatoms. The fraction of sp³-hybridized carbons (Fsp3) is 0.583. The molecule has 0 aliphatic carbocycles. The molecule has 0 amide bonds. The van der Waals surface area contributed by atoms with Crippen LogP contribution in [0.4, 0.5) is 5.69 Å². The standard InChI is InChI=1S/C12H20N2O/c1-5-12(15)11-7-6-10(8-13-11)14(4)9(2)3/h6-9,12,15H,5H2,1-4H3/t12-/m0/s1. The van der Waals surface area contributed by atoms with Crippen molar-refractivity contribution in [2.75, 3.05) is 11.9 Å². The lowest BCUT2D eigenvalue weighted by Gasteiger charge is -2.23. The Balaban J connectivity index is 2.80. The molecule has 0 fully saturated rings. The minimum absolute atomic E-state index is 0.441. The Morgan fingerprint density at radius 1 is 1.40 bits per heavy atom. The minimum Gasteiger partial charge on any atom is -0.387 e. The number of anilines is 1. The van der Waals surface area contributed by atoms with Crippen LogP contribution >= 0.6 is 0 Å². The van der Waals surface area contributed by atoms with E-state index in [1.54, 1.807) is 0 Å². The lowest BCUT2D eigenvalue weighted by atomic mass is 10.2. The summed E-state index contributed by atoms with van der Waals surface area (Å²) in [6.07, 6.45) is 2.07. The molecule has 0 aromatic carbocycles. The minimum atomic E-state index is -0.441. The summed E-state index contributed by atoms with van der Waals surface area (Å²) in [7, 11) is 2.04. The SMILES string of the molecule is CC[C@H](O)c1ccc(N(C)C(C)C)cn1. The lowest BCUT2D eigenvalue weighted by Crippen LogP contribution is -2.25. The molecule has 1 N–H and O–H groups in total. The van der Waals surface area contributed by atoms with Crippen molar-refractivity contribution in [3.8, 4) is 0 Å². The second-order valence-corrected chi connectivity index (χ2v) is 4.07. The zero-order valence-corrected chi connectivity index (χ0v) is 9.94. The van der Waals surface area contributed by atoms with Gasteiger partial charge in [-0.25, -0.2) is 0 Å². The number of nitrogens with zero attached hydrogens (tertiary/aromatic N) is 2. The highest BCUT2D eigenvalue weighted by Gasteiger charge is 2.08. The molecule has 1 heterocycles. The van der Waals surface area contributed by atoms with Crippen LogP contribution in [0.3, 0.4) is 0 Å². The van der Waals surface area contributed by atoms with Crippen LogP contribution in [-0.2, 0) is 0 Å². The number of hydrogen-bond acceptors (Lipinski definition) is 3. The Labute approximate surface area is 91.8 Å². The number of rotatable bonds is 4. The maximum atomic E-state index is 9.59. The Kier molecular flexibility index (Phi) is 4.09. The van der Waals surface area contributed by atoms with Gasteiger partial charge in [-0.2, -0.15) is 0 Å². The maximum Gasteiger partial charge on any atom is 0.0957 e. The molecular formula is C12H20N2O. The molecule has 1 rings (SSSR count). The molecule has 1 aromatic rings. The van der Waals surface area contributed by atoms with Gasteiger partial charge in [-0.3, -0.25) is 4.98 Å². The van der Waals surface area contributed by atoms with Crippen LogP contribution in [0.5, 0.6) is 0 Å². The first-order valence-corrected chi connectivity index (χ1v) is 5.43. The Morgan fingerprint density at radius 3 is 2.47 bits per heavy atom. The summed E-state index contributed by atoms with van der Waals surface area (Å²) in [6.45, 7) is 6.21. The van der Waals surface area contributed by atoms with E-state index in [0.29, 0.717) is 12.5 Å². The van der Waals surface area contributed by atoms with E-state index in [1.807, 2.05) is 32.3 Å². The summed E-state index contributed by atoms with van der Waals surface area (Å²) in [5.74, 6) is 0. The van der Waals surface area contributed by atoms with E-state index in [2.05, 4.69) is 23.7 Å². The van der Waals surface area contributed by atoms with Crippen LogP contribution in [0.25, 0.3) is 0 Å². The van der Waals surface area contributed by atoms with Crippen molar-refractivity contribution < 1.29 is 5.11 Å². The van der Waals surface area contributed by atoms with E-state index in [0.717, 1.165) is 11.4 Å². The molecule has 0 aliphatic rings. The number of aliphatic hydroxyl groups excluding tert-OH is 1. The molecule has 1 aromatic heterocycles. The van der Waals surface area contributed by atoms with E-state index >= 15 is 0 Å². The van der Waals surface area contributed by atoms with E-state index in [-0.39, 0.29) is 0 Å². The van der Waals surface area contributed by atoms with E-state index in [1.165, 1.54) is 0 Å².